The molecule has 0 spiro atoms. The molecule has 25 heavy (non-hydrogen) atoms. The van der Waals surface area contributed by atoms with Crippen molar-refractivity contribution in [2.45, 2.75) is 19.9 Å². The van der Waals surface area contributed by atoms with Crippen LogP contribution in [-0.4, -0.2) is 37.7 Å². The summed E-state index contributed by atoms with van der Waals surface area (Å²) >= 11 is 0. The molecule has 0 saturated heterocycles. The number of benzene rings is 2. The fraction of sp³-hybridized carbons (Fsp3) is 0.350. The molecule has 1 aliphatic rings. The van der Waals surface area contributed by atoms with Crippen LogP contribution in [-0.2, 0) is 13.0 Å². The summed E-state index contributed by atoms with van der Waals surface area (Å²) in [4.78, 5) is 14.2. The van der Waals surface area contributed by atoms with Crippen molar-refractivity contribution in [1.82, 2.24) is 10.2 Å². The minimum Gasteiger partial charge on any atom is -0.493 e. The summed E-state index contributed by atoms with van der Waals surface area (Å²) in [5, 5.41) is 2.92. The van der Waals surface area contributed by atoms with Gasteiger partial charge in [0.2, 0.25) is 0 Å². The number of hydrogen-bond acceptors (Lipinski definition) is 3. The largest absolute Gasteiger partial charge is 0.493 e. The lowest BCUT2D eigenvalue weighted by Gasteiger charge is -2.29. The average molecular weight is 340 g/mol. The quantitative estimate of drug-likeness (QED) is 0.851. The molecule has 0 radical (unpaired) electrons. The van der Waals surface area contributed by atoms with Crippen molar-refractivity contribution in [3.8, 4) is 11.5 Å². The second kappa shape index (κ2) is 7.92. The Morgan fingerprint density at radius 3 is 2.76 bits per heavy atom. The van der Waals surface area contributed by atoms with E-state index in [0.29, 0.717) is 31.2 Å². The van der Waals surface area contributed by atoms with Gasteiger partial charge in [0, 0.05) is 13.1 Å². The predicted molar refractivity (Wildman–Crippen MR) is 97.2 cm³/mol. The van der Waals surface area contributed by atoms with Crippen LogP contribution >= 0.6 is 0 Å². The van der Waals surface area contributed by atoms with Gasteiger partial charge in [0.05, 0.1) is 13.7 Å². The van der Waals surface area contributed by atoms with Gasteiger partial charge in [-0.25, -0.2) is 4.79 Å². The minimum absolute atomic E-state index is 0.0472. The van der Waals surface area contributed by atoms with Crippen molar-refractivity contribution in [3.05, 3.63) is 59.2 Å². The van der Waals surface area contributed by atoms with Gasteiger partial charge in [-0.2, -0.15) is 0 Å². The molecule has 0 saturated carbocycles. The Morgan fingerprint density at radius 2 is 1.96 bits per heavy atom. The maximum absolute atomic E-state index is 12.3. The third-order valence-electron chi connectivity index (χ3n) is 4.37. The van der Waals surface area contributed by atoms with Gasteiger partial charge in [0.1, 0.15) is 6.61 Å². The normalized spacial score (nSPS) is 13.1. The Labute approximate surface area is 148 Å². The van der Waals surface area contributed by atoms with E-state index in [2.05, 4.69) is 17.4 Å². The molecule has 2 aromatic carbocycles. The van der Waals surface area contributed by atoms with Crippen molar-refractivity contribution in [2.24, 2.45) is 0 Å². The van der Waals surface area contributed by atoms with Crippen LogP contribution in [0.3, 0.4) is 0 Å². The van der Waals surface area contributed by atoms with E-state index in [0.717, 1.165) is 18.5 Å². The molecule has 0 aliphatic carbocycles. The van der Waals surface area contributed by atoms with Gasteiger partial charge in [0.15, 0.2) is 11.5 Å². The average Bonchev–Trinajstić information content (AvgIpc) is 2.65. The van der Waals surface area contributed by atoms with Gasteiger partial charge in [-0.1, -0.05) is 30.3 Å². The number of carbonyl (C=O) groups is 1. The van der Waals surface area contributed by atoms with Crippen LogP contribution in [0.25, 0.3) is 0 Å². The van der Waals surface area contributed by atoms with E-state index < -0.39 is 0 Å². The first-order valence-electron chi connectivity index (χ1n) is 8.54. The number of hydrogen-bond donors (Lipinski definition) is 1. The number of nitrogens with zero attached hydrogens (tertiary/aromatic N) is 1. The molecule has 2 aromatic rings. The standard InChI is InChI=1S/C20H24N2O3/c1-15-7-8-18(19(13-15)24-2)25-12-10-21-20(23)22-11-9-16-5-3-4-6-17(16)14-22/h3-8,13H,9-12,14H2,1-2H3,(H,21,23). The van der Waals surface area contributed by atoms with E-state index in [1.165, 1.54) is 11.1 Å². The number of amides is 2. The number of urea groups is 1. The monoisotopic (exact) mass is 340 g/mol. The van der Waals surface area contributed by atoms with Gasteiger partial charge in [-0.3, -0.25) is 0 Å². The number of carbonyl (C=O) groups excluding carboxylic acids is 1. The highest BCUT2D eigenvalue weighted by atomic mass is 16.5. The summed E-state index contributed by atoms with van der Waals surface area (Å²) in [5.41, 5.74) is 3.67. The van der Waals surface area contributed by atoms with Crippen LogP contribution in [0.4, 0.5) is 4.79 Å². The molecule has 5 heteroatoms. The van der Waals surface area contributed by atoms with E-state index in [9.17, 15) is 4.79 Å². The van der Waals surface area contributed by atoms with E-state index in [1.54, 1.807) is 7.11 Å². The van der Waals surface area contributed by atoms with E-state index in [-0.39, 0.29) is 6.03 Å². The number of nitrogens with one attached hydrogen (secondary N) is 1. The molecule has 2 amide bonds. The summed E-state index contributed by atoms with van der Waals surface area (Å²) < 4.78 is 11.0. The lowest BCUT2D eigenvalue weighted by atomic mass is 10.0. The minimum atomic E-state index is -0.0472. The summed E-state index contributed by atoms with van der Waals surface area (Å²) in [7, 11) is 1.62. The molecule has 5 nitrogen and oxygen atoms in total. The number of methoxy groups -OCH3 is 1. The maximum Gasteiger partial charge on any atom is 0.317 e. The first kappa shape index (κ1) is 17.1. The number of ether oxygens (including phenoxy) is 2. The zero-order valence-corrected chi connectivity index (χ0v) is 14.7. The van der Waals surface area contributed by atoms with Crippen LogP contribution in [0.5, 0.6) is 11.5 Å². The van der Waals surface area contributed by atoms with Crippen LogP contribution in [0.15, 0.2) is 42.5 Å². The van der Waals surface area contributed by atoms with Crippen LogP contribution in [0.2, 0.25) is 0 Å². The molecular weight excluding hydrogens is 316 g/mol. The molecule has 0 atom stereocenters. The first-order valence-corrected chi connectivity index (χ1v) is 8.54. The first-order chi connectivity index (χ1) is 12.2. The Hall–Kier alpha value is -2.69. The summed E-state index contributed by atoms with van der Waals surface area (Å²) in [5.74, 6) is 1.40. The highest BCUT2D eigenvalue weighted by Crippen LogP contribution is 2.27. The van der Waals surface area contributed by atoms with E-state index in [4.69, 9.17) is 9.47 Å². The molecular formula is C20H24N2O3. The van der Waals surface area contributed by atoms with E-state index >= 15 is 0 Å². The number of aryl methyl sites for hydroxylation is 1. The topological polar surface area (TPSA) is 50.8 Å². The zero-order chi connectivity index (χ0) is 17.6. The van der Waals surface area contributed by atoms with Crippen molar-refractivity contribution in [2.75, 3.05) is 26.8 Å². The molecule has 0 unspecified atom stereocenters. The third-order valence-corrected chi connectivity index (χ3v) is 4.37. The SMILES string of the molecule is COc1cc(C)ccc1OCCNC(=O)N1CCc2ccccc2C1. The molecule has 3 rings (SSSR count). The highest BCUT2D eigenvalue weighted by molar-refractivity contribution is 5.74. The smallest absolute Gasteiger partial charge is 0.317 e. The zero-order valence-electron chi connectivity index (χ0n) is 14.7. The predicted octanol–water partition coefficient (Wildman–Crippen LogP) is 3.15. The van der Waals surface area contributed by atoms with Crippen molar-refractivity contribution in [3.63, 3.8) is 0 Å². The van der Waals surface area contributed by atoms with Gasteiger partial charge in [0.25, 0.3) is 0 Å². The fourth-order valence-electron chi connectivity index (χ4n) is 2.99. The second-order valence-corrected chi connectivity index (χ2v) is 6.17. The number of rotatable bonds is 5. The van der Waals surface area contributed by atoms with Crippen LogP contribution in [0, 0.1) is 6.92 Å². The summed E-state index contributed by atoms with van der Waals surface area (Å²) in [6.45, 7) is 4.26. The molecule has 1 N–H and O–H groups in total. The highest BCUT2D eigenvalue weighted by Gasteiger charge is 2.19. The van der Waals surface area contributed by atoms with Crippen LogP contribution < -0.4 is 14.8 Å². The lowest BCUT2D eigenvalue weighted by Crippen LogP contribution is -2.43. The molecule has 0 bridgehead atoms. The summed E-state index contributed by atoms with van der Waals surface area (Å²) in [6.07, 6.45) is 0.903. The number of fused-ring (bicyclic) bond motifs is 1. The maximum atomic E-state index is 12.3. The van der Waals surface area contributed by atoms with Crippen molar-refractivity contribution >= 4 is 6.03 Å². The molecule has 0 fully saturated rings. The van der Waals surface area contributed by atoms with Crippen molar-refractivity contribution in [1.29, 1.82) is 0 Å². The van der Waals surface area contributed by atoms with E-state index in [1.807, 2.05) is 42.2 Å². The molecule has 1 heterocycles. The molecule has 132 valence electrons. The van der Waals surface area contributed by atoms with Gasteiger partial charge >= 0.3 is 6.03 Å². The summed E-state index contributed by atoms with van der Waals surface area (Å²) in [6, 6.07) is 14.0. The Kier molecular flexibility index (Phi) is 5.43. The Bertz CT molecular complexity index is 745. The fourth-order valence-corrected chi connectivity index (χ4v) is 2.99. The van der Waals surface area contributed by atoms with Gasteiger partial charge in [-0.15, -0.1) is 0 Å². The van der Waals surface area contributed by atoms with Crippen LogP contribution in [0.1, 0.15) is 16.7 Å². The van der Waals surface area contributed by atoms with Gasteiger partial charge in [-0.05, 0) is 42.2 Å². The second-order valence-electron chi connectivity index (χ2n) is 6.17. The van der Waals surface area contributed by atoms with Crippen molar-refractivity contribution < 1.29 is 14.3 Å². The van der Waals surface area contributed by atoms with Gasteiger partial charge < -0.3 is 19.7 Å². The Balaban J connectivity index is 1.46. The molecule has 0 aromatic heterocycles. The molecule has 1 aliphatic heterocycles. The lowest BCUT2D eigenvalue weighted by molar-refractivity contribution is 0.189. The third kappa shape index (κ3) is 4.24. The Morgan fingerprint density at radius 1 is 1.16 bits per heavy atom.